The maximum Gasteiger partial charge on any atom is -0.0129 e. The van der Waals surface area contributed by atoms with Gasteiger partial charge in [0.2, 0.25) is 0 Å². The van der Waals surface area contributed by atoms with Crippen molar-refractivity contribution in [1.29, 1.82) is 0 Å². The molecule has 0 aromatic carbocycles. The summed E-state index contributed by atoms with van der Waals surface area (Å²) in [7, 11) is 0. The van der Waals surface area contributed by atoms with Crippen molar-refractivity contribution in [3.63, 3.8) is 0 Å². The first kappa shape index (κ1) is 10.8. The van der Waals surface area contributed by atoms with E-state index in [-0.39, 0.29) is 0 Å². The Morgan fingerprint density at radius 3 is 2.29 bits per heavy atom. The van der Waals surface area contributed by atoms with E-state index in [1.165, 1.54) is 16.7 Å². The van der Waals surface area contributed by atoms with Crippen LogP contribution in [0.5, 0.6) is 0 Å². The zero-order valence-electron chi connectivity index (χ0n) is 9.25. The zero-order chi connectivity index (χ0) is 10.4. The van der Waals surface area contributed by atoms with Gasteiger partial charge in [-0.25, -0.2) is 0 Å². The molecule has 0 N–H and O–H groups in total. The Kier molecular flexibility index (Phi) is 4.18. The molecule has 0 heterocycles. The molecular weight excluding hydrogens is 168 g/mol. The molecule has 0 bridgehead atoms. The Labute approximate surface area is 87.0 Å². The highest BCUT2D eigenvalue weighted by molar-refractivity contribution is 5.50. The quantitative estimate of drug-likeness (QED) is 0.601. The minimum atomic E-state index is 1.05. The van der Waals surface area contributed by atoms with Crippen LogP contribution in [0.1, 0.15) is 27.2 Å². The van der Waals surface area contributed by atoms with E-state index in [2.05, 4.69) is 63.3 Å². The van der Waals surface area contributed by atoms with Gasteiger partial charge in [0.05, 0.1) is 0 Å². The molecule has 1 rings (SSSR count). The van der Waals surface area contributed by atoms with Gasteiger partial charge in [0.1, 0.15) is 0 Å². The zero-order valence-corrected chi connectivity index (χ0v) is 9.25. The molecule has 0 atom stereocenters. The second-order valence-corrected chi connectivity index (χ2v) is 3.50. The standard InChI is InChI=1S/C14H18/c1-4-6-13-10-8-12(3)9-11-14(13)7-5-2/h4-8,10-11H,9H2,1-3H3/b6-4+,7-5-. The van der Waals surface area contributed by atoms with E-state index in [9.17, 15) is 0 Å². The third-order valence-corrected chi connectivity index (χ3v) is 2.22. The predicted octanol–water partition coefficient (Wildman–Crippen LogP) is 4.34. The minimum absolute atomic E-state index is 1.05. The highest BCUT2D eigenvalue weighted by atomic mass is 14.1. The summed E-state index contributed by atoms with van der Waals surface area (Å²) in [4.78, 5) is 0. The van der Waals surface area contributed by atoms with Crippen LogP contribution in [0.25, 0.3) is 0 Å². The van der Waals surface area contributed by atoms with Gasteiger partial charge in [0, 0.05) is 0 Å². The van der Waals surface area contributed by atoms with E-state index in [1.54, 1.807) is 0 Å². The lowest BCUT2D eigenvalue weighted by molar-refractivity contribution is 1.21. The van der Waals surface area contributed by atoms with Crippen LogP contribution in [0.4, 0.5) is 0 Å². The predicted molar refractivity (Wildman–Crippen MR) is 64.2 cm³/mol. The summed E-state index contributed by atoms with van der Waals surface area (Å²) in [6.45, 7) is 6.27. The summed E-state index contributed by atoms with van der Waals surface area (Å²) in [5.41, 5.74) is 4.02. The van der Waals surface area contributed by atoms with Crippen molar-refractivity contribution in [2.75, 3.05) is 0 Å². The van der Waals surface area contributed by atoms with E-state index >= 15 is 0 Å². The third kappa shape index (κ3) is 2.88. The largest absolute Gasteiger partial charge is 0.0871 e. The summed E-state index contributed by atoms with van der Waals surface area (Å²) < 4.78 is 0. The fraction of sp³-hybridized carbons (Fsp3) is 0.286. The van der Waals surface area contributed by atoms with E-state index in [4.69, 9.17) is 0 Å². The Morgan fingerprint density at radius 1 is 1.00 bits per heavy atom. The molecule has 0 radical (unpaired) electrons. The Balaban J connectivity index is 3.03. The smallest absolute Gasteiger partial charge is 0.0129 e. The molecule has 14 heavy (non-hydrogen) atoms. The van der Waals surface area contributed by atoms with E-state index in [0.29, 0.717) is 0 Å². The van der Waals surface area contributed by atoms with Gasteiger partial charge >= 0.3 is 0 Å². The lowest BCUT2D eigenvalue weighted by Gasteiger charge is -2.00. The maximum atomic E-state index is 2.28. The van der Waals surface area contributed by atoms with Crippen LogP contribution in [0.15, 0.2) is 59.3 Å². The lowest BCUT2D eigenvalue weighted by atomic mass is 10.0. The summed E-state index contributed by atoms with van der Waals surface area (Å²) in [5.74, 6) is 0. The molecule has 74 valence electrons. The molecule has 0 aliphatic heterocycles. The monoisotopic (exact) mass is 186 g/mol. The molecule has 0 saturated carbocycles. The molecule has 0 aromatic rings. The molecule has 0 fully saturated rings. The van der Waals surface area contributed by atoms with Crippen molar-refractivity contribution in [2.24, 2.45) is 0 Å². The summed E-state index contributed by atoms with van der Waals surface area (Å²) >= 11 is 0. The molecule has 0 saturated heterocycles. The van der Waals surface area contributed by atoms with Crippen molar-refractivity contribution in [3.8, 4) is 0 Å². The van der Waals surface area contributed by atoms with Gasteiger partial charge in [-0.1, -0.05) is 48.1 Å². The van der Waals surface area contributed by atoms with E-state index in [0.717, 1.165) is 6.42 Å². The van der Waals surface area contributed by atoms with Crippen molar-refractivity contribution >= 4 is 0 Å². The molecule has 0 nitrogen and oxygen atoms in total. The average molecular weight is 186 g/mol. The first-order valence-corrected chi connectivity index (χ1v) is 5.11. The fourth-order valence-corrected chi connectivity index (χ4v) is 1.46. The molecule has 1 aliphatic carbocycles. The molecule has 0 unspecified atom stereocenters. The highest BCUT2D eigenvalue weighted by Crippen LogP contribution is 2.20. The second kappa shape index (κ2) is 5.43. The molecule has 0 aromatic heterocycles. The Bertz CT molecular complexity index is 333. The van der Waals surface area contributed by atoms with Gasteiger partial charge in [0.25, 0.3) is 0 Å². The van der Waals surface area contributed by atoms with Crippen molar-refractivity contribution in [3.05, 3.63) is 59.3 Å². The highest BCUT2D eigenvalue weighted by Gasteiger charge is 2.00. The average Bonchev–Trinajstić information content (AvgIpc) is 2.33. The van der Waals surface area contributed by atoms with Gasteiger partial charge < -0.3 is 0 Å². The molecule has 0 heteroatoms. The Morgan fingerprint density at radius 2 is 1.64 bits per heavy atom. The van der Waals surface area contributed by atoms with Crippen LogP contribution in [0.3, 0.4) is 0 Å². The molecule has 0 spiro atoms. The lowest BCUT2D eigenvalue weighted by Crippen LogP contribution is -1.81. The van der Waals surface area contributed by atoms with Crippen LogP contribution < -0.4 is 0 Å². The Hall–Kier alpha value is -1.30. The van der Waals surface area contributed by atoms with Gasteiger partial charge in [-0.2, -0.15) is 0 Å². The van der Waals surface area contributed by atoms with E-state index in [1.807, 2.05) is 0 Å². The second-order valence-electron chi connectivity index (χ2n) is 3.50. The summed E-state index contributed by atoms with van der Waals surface area (Å²) in [6.07, 6.45) is 16.2. The van der Waals surface area contributed by atoms with Gasteiger partial charge in [-0.05, 0) is 38.3 Å². The number of hydrogen-bond acceptors (Lipinski definition) is 0. The van der Waals surface area contributed by atoms with Crippen LogP contribution in [-0.4, -0.2) is 0 Å². The molecule has 1 aliphatic rings. The number of rotatable bonds is 2. The molecular formula is C14H18. The summed E-state index contributed by atoms with van der Waals surface area (Å²) in [6, 6.07) is 0. The summed E-state index contributed by atoms with van der Waals surface area (Å²) in [5, 5.41) is 0. The first-order chi connectivity index (χ1) is 6.77. The maximum absolute atomic E-state index is 2.28. The van der Waals surface area contributed by atoms with Crippen molar-refractivity contribution in [2.45, 2.75) is 27.2 Å². The van der Waals surface area contributed by atoms with Crippen molar-refractivity contribution in [1.82, 2.24) is 0 Å². The normalized spacial score (nSPS) is 18.1. The SMILES string of the molecule is C/C=C\C1=CCC(C)=CC=C1/C=C/C. The first-order valence-electron chi connectivity index (χ1n) is 5.11. The van der Waals surface area contributed by atoms with Gasteiger partial charge in [0.15, 0.2) is 0 Å². The third-order valence-electron chi connectivity index (χ3n) is 2.22. The fourth-order valence-electron chi connectivity index (χ4n) is 1.46. The number of hydrogen-bond donors (Lipinski definition) is 0. The van der Waals surface area contributed by atoms with Gasteiger partial charge in [-0.15, -0.1) is 0 Å². The van der Waals surface area contributed by atoms with Crippen LogP contribution in [0.2, 0.25) is 0 Å². The number of allylic oxidation sites excluding steroid dienone is 10. The molecule has 0 amide bonds. The van der Waals surface area contributed by atoms with Gasteiger partial charge in [-0.3, -0.25) is 0 Å². The van der Waals surface area contributed by atoms with Crippen molar-refractivity contribution < 1.29 is 0 Å². The van der Waals surface area contributed by atoms with Crippen LogP contribution in [-0.2, 0) is 0 Å². The minimum Gasteiger partial charge on any atom is -0.0871 e. The van der Waals surface area contributed by atoms with Crippen LogP contribution in [0, 0.1) is 0 Å². The topological polar surface area (TPSA) is 0 Å². The van der Waals surface area contributed by atoms with E-state index < -0.39 is 0 Å². The van der Waals surface area contributed by atoms with Crippen LogP contribution >= 0.6 is 0 Å².